The molecule has 3 nitrogen and oxygen atoms in total. The lowest BCUT2D eigenvalue weighted by Gasteiger charge is -2.31. The van der Waals surface area contributed by atoms with Gasteiger partial charge in [-0.1, -0.05) is 12.1 Å². The highest BCUT2D eigenvalue weighted by atomic mass is 19.1. The number of methoxy groups -OCH3 is 1. The highest BCUT2D eigenvalue weighted by molar-refractivity contribution is 5.86. The van der Waals surface area contributed by atoms with Gasteiger partial charge in [0.2, 0.25) is 0 Å². The van der Waals surface area contributed by atoms with Crippen molar-refractivity contribution < 1.29 is 9.13 Å². The predicted molar refractivity (Wildman–Crippen MR) is 103 cm³/mol. The Labute approximate surface area is 154 Å². The number of nitrogens with zero attached hydrogens (tertiary/aromatic N) is 2. The predicted octanol–water partition coefficient (Wildman–Crippen LogP) is 4.58. The Bertz CT molecular complexity index is 929. The van der Waals surface area contributed by atoms with Gasteiger partial charge in [-0.15, -0.1) is 0 Å². The fraction of sp³-hybridized carbons (Fsp3) is 0.364. The lowest BCUT2D eigenvalue weighted by molar-refractivity contribution is 0.245. The molecule has 0 saturated carbocycles. The topological polar surface area (TPSA) is 17.4 Å². The van der Waals surface area contributed by atoms with Crippen LogP contribution in [0.4, 0.5) is 4.39 Å². The van der Waals surface area contributed by atoms with Crippen LogP contribution in [0.2, 0.25) is 0 Å². The van der Waals surface area contributed by atoms with Gasteiger partial charge in [-0.2, -0.15) is 0 Å². The van der Waals surface area contributed by atoms with E-state index in [0.29, 0.717) is 6.04 Å². The normalized spacial score (nSPS) is 17.5. The van der Waals surface area contributed by atoms with E-state index in [0.717, 1.165) is 42.6 Å². The minimum Gasteiger partial charge on any atom is -0.497 e. The molecule has 2 aromatic carbocycles. The molecule has 1 atom stereocenters. The highest BCUT2D eigenvalue weighted by Gasteiger charge is 2.27. The number of halogens is 1. The van der Waals surface area contributed by atoms with Crippen molar-refractivity contribution in [1.29, 1.82) is 0 Å². The molecule has 1 aromatic heterocycles. The zero-order valence-electron chi connectivity index (χ0n) is 15.6. The van der Waals surface area contributed by atoms with Gasteiger partial charge >= 0.3 is 0 Å². The maximum Gasteiger partial charge on any atom is 0.123 e. The maximum absolute atomic E-state index is 13.9. The highest BCUT2D eigenvalue weighted by Crippen LogP contribution is 2.37. The van der Waals surface area contributed by atoms with Crippen LogP contribution in [0.25, 0.3) is 10.9 Å². The van der Waals surface area contributed by atoms with E-state index < -0.39 is 0 Å². The molecule has 0 saturated heterocycles. The van der Waals surface area contributed by atoms with Gasteiger partial charge in [-0.05, 0) is 61.9 Å². The molecule has 4 rings (SSSR count). The average molecular weight is 352 g/mol. The number of hydrogen-bond acceptors (Lipinski definition) is 2. The fourth-order valence-electron chi connectivity index (χ4n) is 4.13. The van der Waals surface area contributed by atoms with Gasteiger partial charge in [-0.3, -0.25) is 4.90 Å². The lowest BCUT2D eigenvalue weighted by atomic mass is 9.97. The summed E-state index contributed by atoms with van der Waals surface area (Å²) in [6, 6.07) is 13.8. The van der Waals surface area contributed by atoms with E-state index in [1.54, 1.807) is 19.2 Å². The second-order valence-electron chi connectivity index (χ2n) is 7.18. The number of aromatic nitrogens is 1. The van der Waals surface area contributed by atoms with Crippen LogP contribution in [0.15, 0.2) is 42.5 Å². The molecule has 2 heterocycles. The summed E-state index contributed by atoms with van der Waals surface area (Å²) < 4.78 is 21.6. The molecular formula is C22H25FN2O. The fourth-order valence-corrected chi connectivity index (χ4v) is 4.13. The summed E-state index contributed by atoms with van der Waals surface area (Å²) in [6.07, 6.45) is 1.96. The van der Waals surface area contributed by atoms with Crippen molar-refractivity contribution in [1.82, 2.24) is 9.47 Å². The quantitative estimate of drug-likeness (QED) is 0.684. The van der Waals surface area contributed by atoms with Crippen molar-refractivity contribution in [2.24, 2.45) is 0 Å². The summed E-state index contributed by atoms with van der Waals surface area (Å²) in [5, 5.41) is 1.06. The molecule has 0 bridgehead atoms. The summed E-state index contributed by atoms with van der Waals surface area (Å²) in [5.74, 6) is 0.720. The van der Waals surface area contributed by atoms with Crippen LogP contribution in [-0.2, 0) is 19.4 Å². The van der Waals surface area contributed by atoms with Crippen molar-refractivity contribution in [3.05, 3.63) is 65.1 Å². The largest absolute Gasteiger partial charge is 0.497 e. The third-order valence-corrected chi connectivity index (χ3v) is 5.74. The maximum atomic E-state index is 13.9. The molecule has 4 heteroatoms. The van der Waals surface area contributed by atoms with Gasteiger partial charge in [0.25, 0.3) is 0 Å². The number of benzene rings is 2. The summed E-state index contributed by atoms with van der Waals surface area (Å²) in [5.41, 5.74) is 5.09. The standard InChI is InChI=1S/C22H25FN2O/c1-15-22-19-14-17(23)6-9-20(19)25(21(22)11-12-24(15)2)13-10-16-4-7-18(26-3)8-5-16/h4-9,14-15H,10-13H2,1-3H3. The van der Waals surface area contributed by atoms with E-state index in [1.165, 1.54) is 16.8 Å². The Kier molecular flexibility index (Phi) is 4.45. The summed E-state index contributed by atoms with van der Waals surface area (Å²) in [7, 11) is 3.83. The van der Waals surface area contributed by atoms with Crippen molar-refractivity contribution in [3.8, 4) is 5.75 Å². The first-order valence-corrected chi connectivity index (χ1v) is 9.22. The first-order valence-electron chi connectivity index (χ1n) is 9.22. The van der Waals surface area contributed by atoms with Crippen LogP contribution < -0.4 is 4.74 Å². The zero-order chi connectivity index (χ0) is 18.3. The van der Waals surface area contributed by atoms with Crippen LogP contribution >= 0.6 is 0 Å². The van der Waals surface area contributed by atoms with Crippen molar-refractivity contribution >= 4 is 10.9 Å². The van der Waals surface area contributed by atoms with Gasteiger partial charge in [0, 0.05) is 42.1 Å². The van der Waals surface area contributed by atoms with Crippen molar-refractivity contribution in [2.75, 3.05) is 20.7 Å². The number of rotatable bonds is 4. The van der Waals surface area contributed by atoms with Gasteiger partial charge in [0.1, 0.15) is 11.6 Å². The molecule has 26 heavy (non-hydrogen) atoms. The molecule has 3 aromatic rings. The molecule has 1 aliphatic heterocycles. The van der Waals surface area contributed by atoms with Crippen LogP contribution in [-0.4, -0.2) is 30.2 Å². The average Bonchev–Trinajstić information content (AvgIpc) is 2.96. The summed E-state index contributed by atoms with van der Waals surface area (Å²) in [4.78, 5) is 2.35. The molecule has 0 radical (unpaired) electrons. The SMILES string of the molecule is COc1ccc(CCn2c3c(c4cc(F)ccc42)C(C)N(C)CC3)cc1. The molecule has 0 amide bonds. The van der Waals surface area contributed by atoms with Crippen LogP contribution in [0, 0.1) is 5.82 Å². The third-order valence-electron chi connectivity index (χ3n) is 5.74. The first-order chi connectivity index (χ1) is 12.6. The van der Waals surface area contributed by atoms with E-state index in [-0.39, 0.29) is 5.82 Å². The first kappa shape index (κ1) is 17.1. The minimum absolute atomic E-state index is 0.159. The van der Waals surface area contributed by atoms with Gasteiger partial charge in [-0.25, -0.2) is 4.39 Å². The smallest absolute Gasteiger partial charge is 0.123 e. The molecule has 136 valence electrons. The van der Waals surface area contributed by atoms with E-state index in [1.807, 2.05) is 18.2 Å². The number of fused-ring (bicyclic) bond motifs is 3. The van der Waals surface area contributed by atoms with Crippen LogP contribution in [0.1, 0.15) is 29.8 Å². The number of ether oxygens (including phenoxy) is 1. The molecule has 0 N–H and O–H groups in total. The van der Waals surface area contributed by atoms with E-state index >= 15 is 0 Å². The Morgan fingerprint density at radius 3 is 2.65 bits per heavy atom. The number of aryl methyl sites for hydroxylation is 2. The number of hydrogen-bond donors (Lipinski definition) is 0. The minimum atomic E-state index is -0.159. The number of likely N-dealkylation sites (N-methyl/N-ethyl adjacent to an activating group) is 1. The van der Waals surface area contributed by atoms with Crippen LogP contribution in [0.5, 0.6) is 5.75 Å². The lowest BCUT2D eigenvalue weighted by Crippen LogP contribution is -2.31. The Morgan fingerprint density at radius 2 is 1.92 bits per heavy atom. The third kappa shape index (κ3) is 2.88. The van der Waals surface area contributed by atoms with Crippen LogP contribution in [0.3, 0.4) is 0 Å². The van der Waals surface area contributed by atoms with Crippen molar-refractivity contribution in [3.63, 3.8) is 0 Å². The van der Waals surface area contributed by atoms with E-state index in [4.69, 9.17) is 4.74 Å². The Hall–Kier alpha value is -2.33. The Balaban J connectivity index is 1.72. The molecule has 1 aliphatic rings. The molecule has 0 spiro atoms. The summed E-state index contributed by atoms with van der Waals surface area (Å²) in [6.45, 7) is 4.16. The molecule has 0 aliphatic carbocycles. The molecule has 0 fully saturated rings. The van der Waals surface area contributed by atoms with Crippen molar-refractivity contribution in [2.45, 2.75) is 32.4 Å². The van der Waals surface area contributed by atoms with Gasteiger partial charge in [0.05, 0.1) is 7.11 Å². The van der Waals surface area contributed by atoms with Gasteiger partial charge < -0.3 is 9.30 Å². The van der Waals surface area contributed by atoms with E-state index in [9.17, 15) is 4.39 Å². The summed E-state index contributed by atoms with van der Waals surface area (Å²) >= 11 is 0. The zero-order valence-corrected chi connectivity index (χ0v) is 15.6. The van der Waals surface area contributed by atoms with E-state index in [2.05, 4.69) is 35.6 Å². The second-order valence-corrected chi connectivity index (χ2v) is 7.18. The monoisotopic (exact) mass is 352 g/mol. The second kappa shape index (κ2) is 6.76. The Morgan fingerprint density at radius 1 is 1.15 bits per heavy atom. The molecule has 1 unspecified atom stereocenters. The van der Waals surface area contributed by atoms with Gasteiger partial charge in [0.15, 0.2) is 0 Å². The molecular weight excluding hydrogens is 327 g/mol.